The minimum Gasteiger partial charge on any atom is -0.326 e. The summed E-state index contributed by atoms with van der Waals surface area (Å²) >= 11 is 0. The van der Waals surface area contributed by atoms with Gasteiger partial charge in [0.25, 0.3) is 5.91 Å². The Morgan fingerprint density at radius 2 is 1.89 bits per heavy atom. The van der Waals surface area contributed by atoms with Gasteiger partial charge in [0.05, 0.1) is 0 Å². The van der Waals surface area contributed by atoms with Crippen molar-refractivity contribution >= 4 is 23.7 Å². The van der Waals surface area contributed by atoms with E-state index >= 15 is 0 Å². The van der Waals surface area contributed by atoms with Crippen molar-refractivity contribution in [3.63, 3.8) is 0 Å². The summed E-state index contributed by atoms with van der Waals surface area (Å²) in [6.45, 7) is 3.82. The van der Waals surface area contributed by atoms with E-state index in [9.17, 15) is 9.59 Å². The Labute approximate surface area is 113 Å². The second kappa shape index (κ2) is 8.02. The van der Waals surface area contributed by atoms with E-state index < -0.39 is 0 Å². The van der Waals surface area contributed by atoms with Crippen LogP contribution in [0.5, 0.6) is 0 Å². The van der Waals surface area contributed by atoms with E-state index in [1.165, 1.54) is 0 Å². The summed E-state index contributed by atoms with van der Waals surface area (Å²) < 4.78 is 0. The second-order valence-corrected chi connectivity index (χ2v) is 4.02. The van der Waals surface area contributed by atoms with Gasteiger partial charge in [0.15, 0.2) is 0 Å². The van der Waals surface area contributed by atoms with Gasteiger partial charge in [-0.1, -0.05) is 20.3 Å². The van der Waals surface area contributed by atoms with Crippen molar-refractivity contribution in [3.05, 3.63) is 29.8 Å². The Bertz CT molecular complexity index is 452. The lowest BCUT2D eigenvalue weighted by atomic mass is 10.2. The molecule has 2 N–H and O–H groups in total. The fourth-order valence-corrected chi connectivity index (χ4v) is 1.32. The number of carbonyl (C=O) groups excluding carboxylic acids is 2. The average molecular weight is 261 g/mol. The first-order chi connectivity index (χ1) is 9.17. The number of unbranched alkanes of at least 4 members (excludes halogenated alkanes) is 1. The quantitative estimate of drug-likeness (QED) is 0.610. The average Bonchev–Trinajstić information content (AvgIpc) is 2.44. The maximum Gasteiger partial charge on any atom is 0.271 e. The predicted octanol–water partition coefficient (Wildman–Crippen LogP) is 2.55. The molecular weight excluding hydrogens is 242 g/mol. The van der Waals surface area contributed by atoms with Crippen LogP contribution < -0.4 is 10.7 Å². The zero-order valence-electron chi connectivity index (χ0n) is 11.3. The standard InChI is InChI=1S/C14H19N3O2/c1-3-5-10-15-17-14(19)11-6-8-12(9-7-11)16-13(18)4-2/h6-10H,3-5H2,1-2H3,(H,16,18)(H,17,19)/b15-10-. The molecule has 0 aliphatic heterocycles. The Balaban J connectivity index is 2.55. The lowest BCUT2D eigenvalue weighted by molar-refractivity contribution is -0.115. The summed E-state index contributed by atoms with van der Waals surface area (Å²) in [4.78, 5) is 22.9. The van der Waals surface area contributed by atoms with Crippen LogP contribution in [0.2, 0.25) is 0 Å². The zero-order chi connectivity index (χ0) is 14.1. The van der Waals surface area contributed by atoms with Crippen LogP contribution >= 0.6 is 0 Å². The van der Waals surface area contributed by atoms with Crippen molar-refractivity contribution in [1.29, 1.82) is 0 Å². The smallest absolute Gasteiger partial charge is 0.271 e. The summed E-state index contributed by atoms with van der Waals surface area (Å²) in [5.74, 6) is -0.318. The molecule has 0 saturated carbocycles. The molecule has 0 bridgehead atoms. The van der Waals surface area contributed by atoms with Crippen molar-refractivity contribution < 1.29 is 9.59 Å². The largest absolute Gasteiger partial charge is 0.326 e. The SMILES string of the molecule is CCC/C=N\NC(=O)c1ccc(NC(=O)CC)cc1. The second-order valence-electron chi connectivity index (χ2n) is 4.02. The molecule has 0 saturated heterocycles. The minimum absolute atomic E-state index is 0.0543. The third kappa shape index (κ3) is 5.33. The number of rotatable bonds is 6. The molecule has 19 heavy (non-hydrogen) atoms. The van der Waals surface area contributed by atoms with Gasteiger partial charge in [-0.25, -0.2) is 5.43 Å². The molecule has 0 aliphatic rings. The molecule has 5 nitrogen and oxygen atoms in total. The Kier molecular flexibility index (Phi) is 6.29. The first-order valence-electron chi connectivity index (χ1n) is 6.39. The highest BCUT2D eigenvalue weighted by atomic mass is 16.2. The number of hydrazone groups is 1. The van der Waals surface area contributed by atoms with E-state index in [1.54, 1.807) is 37.4 Å². The van der Waals surface area contributed by atoms with Crippen molar-refractivity contribution in [1.82, 2.24) is 5.43 Å². The summed E-state index contributed by atoms with van der Waals surface area (Å²) in [7, 11) is 0. The monoisotopic (exact) mass is 261 g/mol. The number of anilines is 1. The zero-order valence-corrected chi connectivity index (χ0v) is 11.3. The molecule has 0 atom stereocenters. The Morgan fingerprint density at radius 3 is 2.47 bits per heavy atom. The van der Waals surface area contributed by atoms with Crippen LogP contribution in [0.1, 0.15) is 43.5 Å². The van der Waals surface area contributed by atoms with Gasteiger partial charge in [0, 0.05) is 23.9 Å². The molecule has 0 aromatic heterocycles. The highest BCUT2D eigenvalue weighted by Crippen LogP contribution is 2.09. The van der Waals surface area contributed by atoms with Crippen LogP contribution in [0.15, 0.2) is 29.4 Å². The van der Waals surface area contributed by atoms with Crippen LogP contribution in [0.3, 0.4) is 0 Å². The summed E-state index contributed by atoms with van der Waals surface area (Å²) in [5.41, 5.74) is 3.63. The van der Waals surface area contributed by atoms with E-state index in [0.29, 0.717) is 17.7 Å². The molecule has 1 rings (SSSR count). The number of amides is 2. The summed E-state index contributed by atoms with van der Waals surface area (Å²) in [6.07, 6.45) is 3.93. The van der Waals surface area contributed by atoms with Crippen molar-refractivity contribution in [2.24, 2.45) is 5.10 Å². The van der Waals surface area contributed by atoms with Gasteiger partial charge in [-0.3, -0.25) is 9.59 Å². The highest BCUT2D eigenvalue weighted by molar-refractivity contribution is 5.95. The summed E-state index contributed by atoms with van der Waals surface area (Å²) in [6, 6.07) is 6.68. The van der Waals surface area contributed by atoms with Gasteiger partial charge in [-0.2, -0.15) is 5.10 Å². The third-order valence-corrected chi connectivity index (χ3v) is 2.43. The molecule has 0 spiro atoms. The maximum absolute atomic E-state index is 11.7. The van der Waals surface area contributed by atoms with Crippen LogP contribution in [0.4, 0.5) is 5.69 Å². The fourth-order valence-electron chi connectivity index (χ4n) is 1.32. The van der Waals surface area contributed by atoms with Gasteiger partial charge < -0.3 is 5.32 Å². The number of hydrogen-bond acceptors (Lipinski definition) is 3. The Hall–Kier alpha value is -2.17. The van der Waals surface area contributed by atoms with Crippen LogP contribution in [0, 0.1) is 0 Å². The highest BCUT2D eigenvalue weighted by Gasteiger charge is 2.04. The maximum atomic E-state index is 11.7. The number of nitrogens with zero attached hydrogens (tertiary/aromatic N) is 1. The van der Waals surface area contributed by atoms with E-state index in [-0.39, 0.29) is 11.8 Å². The molecule has 5 heteroatoms. The third-order valence-electron chi connectivity index (χ3n) is 2.43. The molecule has 2 amide bonds. The van der Waals surface area contributed by atoms with Crippen molar-refractivity contribution in [2.45, 2.75) is 33.1 Å². The number of hydrogen-bond donors (Lipinski definition) is 2. The molecule has 1 aromatic rings. The molecule has 1 aromatic carbocycles. The first kappa shape index (κ1) is 14.9. The van der Waals surface area contributed by atoms with E-state index in [0.717, 1.165) is 12.8 Å². The van der Waals surface area contributed by atoms with Crippen LogP contribution in [-0.4, -0.2) is 18.0 Å². The molecule has 0 heterocycles. The van der Waals surface area contributed by atoms with E-state index in [2.05, 4.69) is 15.8 Å². The number of nitrogens with one attached hydrogen (secondary N) is 2. The van der Waals surface area contributed by atoms with Crippen LogP contribution in [0.25, 0.3) is 0 Å². The van der Waals surface area contributed by atoms with Crippen LogP contribution in [-0.2, 0) is 4.79 Å². The van der Waals surface area contributed by atoms with Gasteiger partial charge in [-0.05, 0) is 30.7 Å². The first-order valence-corrected chi connectivity index (χ1v) is 6.39. The number of benzene rings is 1. The minimum atomic E-state index is -0.263. The van der Waals surface area contributed by atoms with Gasteiger partial charge in [-0.15, -0.1) is 0 Å². The molecule has 0 radical (unpaired) electrons. The fraction of sp³-hybridized carbons (Fsp3) is 0.357. The van der Waals surface area contributed by atoms with Gasteiger partial charge in [0.1, 0.15) is 0 Å². The van der Waals surface area contributed by atoms with E-state index in [4.69, 9.17) is 0 Å². The summed E-state index contributed by atoms with van der Waals surface area (Å²) in [5, 5.41) is 6.54. The molecular formula is C14H19N3O2. The molecule has 0 unspecified atom stereocenters. The lowest BCUT2D eigenvalue weighted by Gasteiger charge is -2.04. The van der Waals surface area contributed by atoms with Crippen molar-refractivity contribution in [3.8, 4) is 0 Å². The normalized spacial score (nSPS) is 10.4. The van der Waals surface area contributed by atoms with Gasteiger partial charge >= 0.3 is 0 Å². The van der Waals surface area contributed by atoms with E-state index in [1.807, 2.05) is 6.92 Å². The topological polar surface area (TPSA) is 70.6 Å². The molecule has 0 fully saturated rings. The van der Waals surface area contributed by atoms with Crippen molar-refractivity contribution in [2.75, 3.05) is 5.32 Å². The predicted molar refractivity (Wildman–Crippen MR) is 76.2 cm³/mol. The molecule has 102 valence electrons. The molecule has 0 aliphatic carbocycles. The van der Waals surface area contributed by atoms with Gasteiger partial charge in [0.2, 0.25) is 5.91 Å². The Morgan fingerprint density at radius 1 is 1.21 bits per heavy atom. The number of carbonyl (C=O) groups is 2. The lowest BCUT2D eigenvalue weighted by Crippen LogP contribution is -2.17.